The summed E-state index contributed by atoms with van der Waals surface area (Å²) in [7, 11) is -3.54. The molecule has 3 aromatic carbocycles. The van der Waals surface area contributed by atoms with E-state index in [1.54, 1.807) is 24.3 Å². The van der Waals surface area contributed by atoms with E-state index >= 15 is 0 Å². The number of anilines is 2. The predicted octanol–water partition coefficient (Wildman–Crippen LogP) is 5.55. The molecule has 0 bridgehead atoms. The van der Waals surface area contributed by atoms with E-state index in [9.17, 15) is 13.2 Å². The summed E-state index contributed by atoms with van der Waals surface area (Å²) in [5.74, 6) is 0.807. The summed E-state index contributed by atoms with van der Waals surface area (Å²) in [5.41, 5.74) is 4.93. The van der Waals surface area contributed by atoms with E-state index in [4.69, 9.17) is 0 Å². The van der Waals surface area contributed by atoms with Crippen molar-refractivity contribution in [3.05, 3.63) is 83.9 Å². The summed E-state index contributed by atoms with van der Waals surface area (Å²) >= 11 is 1.36. The fourth-order valence-corrected chi connectivity index (χ4v) is 7.43. The Morgan fingerprint density at radius 1 is 0.850 bits per heavy atom. The summed E-state index contributed by atoms with van der Waals surface area (Å²) in [6.07, 6.45) is 1.76. The van der Waals surface area contributed by atoms with Gasteiger partial charge in [-0.15, -0.1) is 10.2 Å². The first-order valence-corrected chi connectivity index (χ1v) is 16.0. The Labute approximate surface area is 240 Å². The van der Waals surface area contributed by atoms with Crippen LogP contribution in [0.4, 0.5) is 11.4 Å². The fraction of sp³-hybridized carbons (Fsp3) is 0.300. The van der Waals surface area contributed by atoms with E-state index in [1.807, 2.05) is 66.6 Å². The molecule has 40 heavy (non-hydrogen) atoms. The SMILES string of the molecule is CCN(CC)S(=O)(=O)c1ccc(-c2nnc(SCC(=O)N3c4ccccc4CCc4ccccc43)n2CC)cc1. The third-order valence-electron chi connectivity index (χ3n) is 7.19. The van der Waals surface area contributed by atoms with Crippen molar-refractivity contribution >= 4 is 39.1 Å². The van der Waals surface area contributed by atoms with Crippen molar-refractivity contribution in [3.8, 4) is 11.4 Å². The van der Waals surface area contributed by atoms with Crippen molar-refractivity contribution in [1.29, 1.82) is 0 Å². The van der Waals surface area contributed by atoms with Gasteiger partial charge in [-0.3, -0.25) is 9.69 Å². The third kappa shape index (κ3) is 5.31. The first-order valence-electron chi connectivity index (χ1n) is 13.5. The van der Waals surface area contributed by atoms with Crippen molar-refractivity contribution in [2.75, 3.05) is 23.7 Å². The topological polar surface area (TPSA) is 88.4 Å². The smallest absolute Gasteiger partial charge is 0.243 e. The van der Waals surface area contributed by atoms with Crippen molar-refractivity contribution in [3.63, 3.8) is 0 Å². The molecule has 8 nitrogen and oxygen atoms in total. The normalized spacial score (nSPS) is 13.2. The molecular weight excluding hydrogens is 542 g/mol. The van der Waals surface area contributed by atoms with Crippen LogP contribution >= 0.6 is 11.8 Å². The molecule has 1 aliphatic heterocycles. The van der Waals surface area contributed by atoms with Gasteiger partial charge in [0, 0.05) is 25.2 Å². The average molecular weight is 576 g/mol. The summed E-state index contributed by atoms with van der Waals surface area (Å²) in [4.78, 5) is 15.8. The number of hydrogen-bond acceptors (Lipinski definition) is 6. The highest BCUT2D eigenvalue weighted by atomic mass is 32.2. The standard InChI is InChI=1S/C30H33N5O3S2/c1-4-33(5-2)40(37,38)25-19-17-24(18-20-25)29-31-32-30(34(29)6-3)39-21-28(36)35-26-13-9-7-11-22(26)15-16-23-12-8-10-14-27(23)35/h7-14,17-20H,4-6,15-16,21H2,1-3H3. The van der Waals surface area contributed by atoms with Gasteiger partial charge in [0.2, 0.25) is 15.9 Å². The molecule has 0 spiro atoms. The molecule has 0 fully saturated rings. The van der Waals surface area contributed by atoms with Gasteiger partial charge in [0.15, 0.2) is 11.0 Å². The molecule has 4 aromatic rings. The van der Waals surface area contributed by atoms with E-state index in [2.05, 4.69) is 22.3 Å². The van der Waals surface area contributed by atoms with Crippen LogP contribution in [-0.4, -0.2) is 52.2 Å². The second kappa shape index (κ2) is 12.0. The van der Waals surface area contributed by atoms with Gasteiger partial charge in [-0.05, 0) is 67.3 Å². The Bertz CT molecular complexity index is 1570. The monoisotopic (exact) mass is 575 g/mol. The molecular formula is C30H33N5O3S2. The van der Waals surface area contributed by atoms with Gasteiger partial charge in [0.25, 0.3) is 0 Å². The zero-order valence-corrected chi connectivity index (χ0v) is 24.6. The molecule has 0 saturated carbocycles. The molecule has 0 saturated heterocycles. The van der Waals surface area contributed by atoms with Gasteiger partial charge in [0.1, 0.15) is 0 Å². The van der Waals surface area contributed by atoms with E-state index in [0.29, 0.717) is 30.6 Å². The van der Waals surface area contributed by atoms with Crippen molar-refractivity contribution in [1.82, 2.24) is 19.1 Å². The van der Waals surface area contributed by atoms with Gasteiger partial charge in [-0.2, -0.15) is 4.31 Å². The number of rotatable bonds is 9. The first-order chi connectivity index (χ1) is 19.4. The lowest BCUT2D eigenvalue weighted by molar-refractivity contribution is -0.115. The van der Waals surface area contributed by atoms with Crippen LogP contribution in [0.5, 0.6) is 0 Å². The maximum Gasteiger partial charge on any atom is 0.243 e. The number of para-hydroxylation sites is 2. The van der Waals surface area contributed by atoms with E-state index in [0.717, 1.165) is 40.9 Å². The number of nitrogens with zero attached hydrogens (tertiary/aromatic N) is 5. The number of amides is 1. The maximum atomic E-state index is 13.7. The van der Waals surface area contributed by atoms with Crippen LogP contribution in [-0.2, 0) is 34.2 Å². The maximum absolute atomic E-state index is 13.7. The Hall–Kier alpha value is -3.47. The zero-order valence-electron chi connectivity index (χ0n) is 22.9. The van der Waals surface area contributed by atoms with Gasteiger partial charge in [0.05, 0.1) is 22.0 Å². The van der Waals surface area contributed by atoms with Crippen LogP contribution < -0.4 is 4.90 Å². The second-order valence-electron chi connectivity index (χ2n) is 9.44. The van der Waals surface area contributed by atoms with Crippen molar-refractivity contribution in [2.45, 2.75) is 50.2 Å². The van der Waals surface area contributed by atoms with E-state index < -0.39 is 10.0 Å². The number of carbonyl (C=O) groups excluding carboxylic acids is 1. The number of benzene rings is 3. The molecule has 1 amide bonds. The minimum atomic E-state index is -3.54. The fourth-order valence-electron chi connectivity index (χ4n) is 5.12. The first kappa shape index (κ1) is 28.1. The van der Waals surface area contributed by atoms with Gasteiger partial charge in [-0.1, -0.05) is 62.0 Å². The highest BCUT2D eigenvalue weighted by Crippen LogP contribution is 2.37. The minimum Gasteiger partial charge on any atom is -0.302 e. The molecule has 0 N–H and O–H groups in total. The number of hydrogen-bond donors (Lipinski definition) is 0. The van der Waals surface area contributed by atoms with Gasteiger partial charge < -0.3 is 4.57 Å². The zero-order chi connectivity index (χ0) is 28.3. The molecule has 5 rings (SSSR count). The van der Waals surface area contributed by atoms with Crippen LogP contribution in [0.2, 0.25) is 0 Å². The van der Waals surface area contributed by atoms with E-state index in [1.165, 1.54) is 16.1 Å². The summed E-state index contributed by atoms with van der Waals surface area (Å²) in [6.45, 7) is 7.09. The summed E-state index contributed by atoms with van der Waals surface area (Å²) < 4.78 is 29.1. The molecule has 0 radical (unpaired) electrons. The van der Waals surface area contributed by atoms with Gasteiger partial charge >= 0.3 is 0 Å². The van der Waals surface area contributed by atoms with E-state index in [-0.39, 0.29) is 16.6 Å². The quantitative estimate of drug-likeness (QED) is 0.243. The van der Waals surface area contributed by atoms with Crippen LogP contribution in [0.3, 0.4) is 0 Å². The third-order valence-corrected chi connectivity index (χ3v) is 10.2. The van der Waals surface area contributed by atoms with Crippen LogP contribution in [0.15, 0.2) is 82.8 Å². The number of fused-ring (bicyclic) bond motifs is 2. The van der Waals surface area contributed by atoms with Crippen molar-refractivity contribution in [2.24, 2.45) is 0 Å². The minimum absolute atomic E-state index is 0.0232. The van der Waals surface area contributed by atoms with Crippen LogP contribution in [0, 0.1) is 0 Å². The Morgan fingerprint density at radius 2 is 1.43 bits per heavy atom. The molecule has 1 aromatic heterocycles. The summed E-state index contributed by atoms with van der Waals surface area (Å²) in [6, 6.07) is 22.9. The lowest BCUT2D eigenvalue weighted by Crippen LogP contribution is -2.30. The molecule has 0 atom stereocenters. The Balaban J connectivity index is 1.38. The molecule has 208 valence electrons. The number of sulfonamides is 1. The number of aryl methyl sites for hydroxylation is 2. The molecule has 1 aliphatic rings. The molecule has 10 heteroatoms. The molecule has 0 aliphatic carbocycles. The molecule has 2 heterocycles. The average Bonchev–Trinajstić information content (AvgIpc) is 3.31. The highest BCUT2D eigenvalue weighted by molar-refractivity contribution is 7.99. The summed E-state index contributed by atoms with van der Waals surface area (Å²) in [5, 5.41) is 9.43. The Kier molecular flexibility index (Phi) is 8.39. The highest BCUT2D eigenvalue weighted by Gasteiger charge is 2.27. The van der Waals surface area contributed by atoms with Crippen molar-refractivity contribution < 1.29 is 13.2 Å². The van der Waals surface area contributed by atoms with Crippen LogP contribution in [0.25, 0.3) is 11.4 Å². The number of carbonyl (C=O) groups is 1. The number of aromatic nitrogens is 3. The van der Waals surface area contributed by atoms with Gasteiger partial charge in [-0.25, -0.2) is 8.42 Å². The predicted molar refractivity (Wildman–Crippen MR) is 159 cm³/mol. The number of thioether (sulfide) groups is 1. The van der Waals surface area contributed by atoms with Crippen LogP contribution in [0.1, 0.15) is 31.9 Å². The lowest BCUT2D eigenvalue weighted by atomic mass is 10.0. The Morgan fingerprint density at radius 3 is 1.98 bits per heavy atom. The lowest BCUT2D eigenvalue weighted by Gasteiger charge is -2.24. The molecule has 0 unspecified atom stereocenters. The second-order valence-corrected chi connectivity index (χ2v) is 12.3. The largest absolute Gasteiger partial charge is 0.302 e.